The molecular weight excluding hydrogens is 183 g/mol. The Hall–Kier alpha value is -0.155. The van der Waals surface area contributed by atoms with Gasteiger partial charge in [0, 0.05) is 0 Å². The zero-order valence-corrected chi connectivity index (χ0v) is 6.22. The van der Waals surface area contributed by atoms with Gasteiger partial charge in [0.25, 0.3) is 0 Å². The van der Waals surface area contributed by atoms with Crippen LogP contribution in [0, 0.1) is 0 Å². The van der Waals surface area contributed by atoms with E-state index in [0.717, 1.165) is 17.4 Å². The molecule has 0 radical (unpaired) electrons. The predicted molar refractivity (Wildman–Crippen MR) is 38.0 cm³/mol. The molecule has 1 aromatic heterocycles. The maximum absolute atomic E-state index is 11.9. The van der Waals surface area contributed by atoms with E-state index in [1.807, 2.05) is 0 Å². The van der Waals surface area contributed by atoms with Gasteiger partial charge in [-0.15, -0.1) is 11.3 Å². The van der Waals surface area contributed by atoms with Crippen LogP contribution in [0.4, 0.5) is 12.9 Å². The smallest absolute Gasteiger partial charge is 0.445 e. The largest absolute Gasteiger partial charge is 0.511 e. The summed E-state index contributed by atoms with van der Waals surface area (Å²) >= 11 is 6.13. The molecule has 56 valence electrons. The third-order valence-corrected chi connectivity index (χ3v) is 2.20. The summed E-state index contributed by atoms with van der Waals surface area (Å²) in [6.45, 7) is -4.91. The summed E-state index contributed by atoms with van der Waals surface area (Å²) in [7, 11) is 0. The number of rotatable bonds is 1. The van der Waals surface area contributed by atoms with E-state index in [1.54, 1.807) is 0 Å². The first-order valence-electron chi connectivity index (χ1n) is 2.44. The number of hydrogen-bond donors (Lipinski definition) is 0. The maximum atomic E-state index is 11.9. The zero-order chi connectivity index (χ0) is 7.78. The Balaban J connectivity index is 3.05. The van der Waals surface area contributed by atoms with E-state index in [4.69, 9.17) is 11.6 Å². The van der Waals surface area contributed by atoms with Gasteiger partial charge >= 0.3 is 6.98 Å². The van der Waals surface area contributed by atoms with Crippen LogP contribution in [0.15, 0.2) is 11.4 Å². The molecule has 0 atom stereocenters. The van der Waals surface area contributed by atoms with Crippen molar-refractivity contribution in [2.45, 2.75) is 0 Å². The SMILES string of the molecule is F[B-](F)(F)c1ccsc1Cl. The van der Waals surface area contributed by atoms with Gasteiger partial charge in [0.2, 0.25) is 0 Å². The Kier molecular flexibility index (Phi) is 1.96. The summed E-state index contributed by atoms with van der Waals surface area (Å²) in [5.41, 5.74) is -0.688. The molecule has 0 saturated heterocycles. The lowest BCUT2D eigenvalue weighted by molar-refractivity contribution is 0.501. The fourth-order valence-electron chi connectivity index (χ4n) is 0.538. The van der Waals surface area contributed by atoms with Gasteiger partial charge in [-0.25, -0.2) is 0 Å². The quantitative estimate of drug-likeness (QED) is 0.590. The van der Waals surface area contributed by atoms with Crippen LogP contribution in [0.3, 0.4) is 0 Å². The molecule has 0 unspecified atom stereocenters. The highest BCUT2D eigenvalue weighted by molar-refractivity contribution is 7.16. The minimum Gasteiger partial charge on any atom is -0.445 e. The minimum atomic E-state index is -4.91. The van der Waals surface area contributed by atoms with Crippen LogP contribution >= 0.6 is 22.9 Å². The van der Waals surface area contributed by atoms with Gasteiger partial charge in [0.1, 0.15) is 0 Å². The molecule has 0 spiro atoms. The minimum absolute atomic E-state index is 0.174. The van der Waals surface area contributed by atoms with E-state index in [9.17, 15) is 12.9 Å². The molecule has 0 saturated carbocycles. The van der Waals surface area contributed by atoms with Gasteiger partial charge in [-0.05, 0) is 5.38 Å². The maximum Gasteiger partial charge on any atom is 0.511 e. The van der Waals surface area contributed by atoms with Crippen LogP contribution in [0.2, 0.25) is 4.34 Å². The first-order chi connectivity index (χ1) is 4.52. The molecule has 0 aliphatic rings. The number of halogens is 4. The summed E-state index contributed by atoms with van der Waals surface area (Å²) in [5, 5.41) is 1.33. The van der Waals surface area contributed by atoms with Gasteiger partial charge in [0.05, 0.1) is 4.34 Å². The first kappa shape index (κ1) is 7.95. The van der Waals surface area contributed by atoms with E-state index in [2.05, 4.69) is 0 Å². The lowest BCUT2D eigenvalue weighted by Gasteiger charge is -2.11. The topological polar surface area (TPSA) is 0 Å². The molecule has 0 aliphatic carbocycles. The lowest BCUT2D eigenvalue weighted by atomic mass is 9.83. The van der Waals surface area contributed by atoms with Crippen molar-refractivity contribution in [1.29, 1.82) is 0 Å². The Morgan fingerprint density at radius 2 is 2.00 bits per heavy atom. The Labute approximate surface area is 64.7 Å². The zero-order valence-electron chi connectivity index (χ0n) is 4.65. The molecule has 0 nitrogen and oxygen atoms in total. The van der Waals surface area contributed by atoms with Gasteiger partial charge in [-0.3, -0.25) is 0 Å². The monoisotopic (exact) mass is 185 g/mol. The third-order valence-electron chi connectivity index (χ3n) is 0.999. The number of hydrogen-bond acceptors (Lipinski definition) is 1. The molecule has 1 aromatic rings. The Bertz CT molecular complexity index is 231. The first-order valence-corrected chi connectivity index (χ1v) is 3.70. The van der Waals surface area contributed by atoms with Crippen molar-refractivity contribution < 1.29 is 12.9 Å². The normalized spacial score (nSPS) is 12.0. The second-order valence-corrected chi connectivity index (χ2v) is 3.24. The van der Waals surface area contributed by atoms with E-state index in [1.165, 1.54) is 5.38 Å². The molecule has 0 N–H and O–H groups in total. The van der Waals surface area contributed by atoms with Gasteiger partial charge in [-0.2, -0.15) is 0 Å². The summed E-state index contributed by atoms with van der Waals surface area (Å²) in [6, 6.07) is 0.993. The van der Waals surface area contributed by atoms with Crippen LogP contribution in [-0.2, 0) is 0 Å². The Morgan fingerprint density at radius 1 is 1.40 bits per heavy atom. The van der Waals surface area contributed by atoms with Crippen molar-refractivity contribution in [3.8, 4) is 0 Å². The molecule has 10 heavy (non-hydrogen) atoms. The fourth-order valence-corrected chi connectivity index (χ4v) is 1.55. The molecular formula is C4H2BClF3S-. The van der Waals surface area contributed by atoms with Gasteiger partial charge < -0.3 is 12.9 Å². The van der Waals surface area contributed by atoms with Crippen molar-refractivity contribution in [3.05, 3.63) is 15.8 Å². The molecule has 0 bridgehead atoms. The predicted octanol–water partition coefficient (Wildman–Crippen LogP) is 2.46. The molecule has 0 fully saturated rings. The molecule has 1 rings (SSSR count). The molecule has 0 aliphatic heterocycles. The summed E-state index contributed by atoms with van der Waals surface area (Å²) in [6.07, 6.45) is 0. The second-order valence-electron chi connectivity index (χ2n) is 1.72. The van der Waals surface area contributed by atoms with Crippen molar-refractivity contribution in [2.75, 3.05) is 0 Å². The van der Waals surface area contributed by atoms with E-state index < -0.39 is 12.4 Å². The standard InChI is InChI=1S/C4H2BClF3S/c6-4-3(1-2-10-4)5(7,8)9/h1-2H/q-1. The highest BCUT2D eigenvalue weighted by Crippen LogP contribution is 2.20. The van der Waals surface area contributed by atoms with Crippen LogP contribution in [0.1, 0.15) is 0 Å². The van der Waals surface area contributed by atoms with Crippen molar-refractivity contribution >= 4 is 35.4 Å². The lowest BCUT2D eigenvalue weighted by Crippen LogP contribution is -2.33. The third kappa shape index (κ3) is 1.46. The highest BCUT2D eigenvalue weighted by atomic mass is 35.5. The summed E-state index contributed by atoms with van der Waals surface area (Å²) < 4.78 is 35.4. The van der Waals surface area contributed by atoms with Crippen LogP contribution in [-0.4, -0.2) is 6.98 Å². The molecule has 1 heterocycles. The summed E-state index contributed by atoms with van der Waals surface area (Å²) in [4.78, 5) is 0. The van der Waals surface area contributed by atoms with E-state index in [0.29, 0.717) is 0 Å². The Morgan fingerprint density at radius 3 is 2.20 bits per heavy atom. The average Bonchev–Trinajstić information content (AvgIpc) is 2.11. The van der Waals surface area contributed by atoms with E-state index in [-0.39, 0.29) is 4.34 Å². The van der Waals surface area contributed by atoms with Crippen LogP contribution in [0.25, 0.3) is 0 Å². The fraction of sp³-hybridized carbons (Fsp3) is 0. The second kappa shape index (κ2) is 2.47. The van der Waals surface area contributed by atoms with Crippen LogP contribution in [0.5, 0.6) is 0 Å². The average molecular weight is 185 g/mol. The van der Waals surface area contributed by atoms with Crippen molar-refractivity contribution in [1.82, 2.24) is 0 Å². The molecule has 0 amide bonds. The molecule has 0 aromatic carbocycles. The van der Waals surface area contributed by atoms with Crippen molar-refractivity contribution in [2.24, 2.45) is 0 Å². The van der Waals surface area contributed by atoms with Gasteiger partial charge in [0.15, 0.2) is 0 Å². The summed E-state index contributed by atoms with van der Waals surface area (Å²) in [5.74, 6) is 0. The number of thiophene rings is 1. The highest BCUT2D eigenvalue weighted by Gasteiger charge is 2.28. The molecule has 6 heteroatoms. The van der Waals surface area contributed by atoms with Crippen LogP contribution < -0.4 is 5.46 Å². The van der Waals surface area contributed by atoms with E-state index >= 15 is 0 Å². The van der Waals surface area contributed by atoms with Crippen molar-refractivity contribution in [3.63, 3.8) is 0 Å². The van der Waals surface area contributed by atoms with Gasteiger partial charge in [-0.1, -0.05) is 23.1 Å².